The molecule has 3 nitrogen and oxygen atoms in total. The average Bonchev–Trinajstić information content (AvgIpc) is 3.03. The van der Waals surface area contributed by atoms with Gasteiger partial charge in [-0.3, -0.25) is 0 Å². The predicted octanol–water partition coefficient (Wildman–Crippen LogP) is 4.21. The molecule has 3 heteroatoms. The van der Waals surface area contributed by atoms with Crippen LogP contribution in [0.15, 0.2) is 54.6 Å². The largest absolute Gasteiger partial charge is 0.342 e. The average molecular weight is 285 g/mol. The summed E-state index contributed by atoms with van der Waals surface area (Å²) in [7, 11) is 4.08. The van der Waals surface area contributed by atoms with Gasteiger partial charge in [-0.1, -0.05) is 36.4 Å². The van der Waals surface area contributed by atoms with Crippen molar-refractivity contribution in [2.45, 2.75) is 0 Å². The number of para-hydroxylation sites is 2. The molecule has 0 saturated heterocycles. The van der Waals surface area contributed by atoms with Crippen molar-refractivity contribution in [3.05, 3.63) is 60.2 Å². The zero-order chi connectivity index (χ0) is 15.3. The van der Waals surface area contributed by atoms with Gasteiger partial charge in [-0.15, -0.1) is 0 Å². The number of aromatic nitrogens is 2. The lowest BCUT2D eigenvalue weighted by atomic mass is 10.1. The van der Waals surface area contributed by atoms with Gasteiger partial charge in [0.25, 0.3) is 0 Å². The van der Waals surface area contributed by atoms with Gasteiger partial charge < -0.3 is 9.13 Å². The van der Waals surface area contributed by atoms with Crippen molar-refractivity contribution in [2.24, 2.45) is 14.1 Å². The predicted molar refractivity (Wildman–Crippen MR) is 89.5 cm³/mol. The minimum Gasteiger partial charge on any atom is -0.342 e. The van der Waals surface area contributed by atoms with Gasteiger partial charge in [0, 0.05) is 35.9 Å². The number of aryl methyl sites for hydroxylation is 2. The van der Waals surface area contributed by atoms with Crippen LogP contribution in [-0.4, -0.2) is 9.13 Å². The Bertz CT molecular complexity index is 1060. The monoisotopic (exact) mass is 285 g/mol. The molecule has 0 spiro atoms. The highest BCUT2D eigenvalue weighted by atomic mass is 15.0. The van der Waals surface area contributed by atoms with E-state index in [0.29, 0.717) is 0 Å². The summed E-state index contributed by atoms with van der Waals surface area (Å²) in [6.07, 6.45) is 0. The van der Waals surface area contributed by atoms with Crippen molar-refractivity contribution in [3.8, 4) is 17.5 Å². The Balaban J connectivity index is 2.15. The second-order valence-corrected chi connectivity index (χ2v) is 5.56. The van der Waals surface area contributed by atoms with Crippen LogP contribution in [0.4, 0.5) is 0 Å². The van der Waals surface area contributed by atoms with E-state index in [-0.39, 0.29) is 0 Å². The maximum absolute atomic E-state index is 9.68. The molecule has 2 heterocycles. The molecule has 0 fully saturated rings. The van der Waals surface area contributed by atoms with E-state index >= 15 is 0 Å². The number of benzene rings is 2. The van der Waals surface area contributed by atoms with Crippen LogP contribution < -0.4 is 0 Å². The van der Waals surface area contributed by atoms with E-state index in [0.717, 1.165) is 27.9 Å². The molecule has 4 rings (SSSR count). The fraction of sp³-hybridized carbons (Fsp3) is 0.105. The van der Waals surface area contributed by atoms with Crippen molar-refractivity contribution >= 4 is 21.8 Å². The van der Waals surface area contributed by atoms with Crippen LogP contribution in [0.25, 0.3) is 33.2 Å². The molecule has 0 N–H and O–H groups in total. The normalized spacial score (nSPS) is 11.1. The number of hydrogen-bond donors (Lipinski definition) is 0. The summed E-state index contributed by atoms with van der Waals surface area (Å²) in [6, 6.07) is 20.9. The summed E-state index contributed by atoms with van der Waals surface area (Å²) in [5.41, 5.74) is 5.04. The van der Waals surface area contributed by atoms with Gasteiger partial charge in [-0.2, -0.15) is 5.26 Å². The minimum atomic E-state index is 0.740. The summed E-state index contributed by atoms with van der Waals surface area (Å²) in [5.74, 6) is 0. The maximum Gasteiger partial charge on any atom is 0.102 e. The van der Waals surface area contributed by atoms with Crippen LogP contribution in [0.5, 0.6) is 0 Å². The zero-order valence-corrected chi connectivity index (χ0v) is 12.5. The highest BCUT2D eigenvalue weighted by molar-refractivity contribution is 5.96. The van der Waals surface area contributed by atoms with Crippen LogP contribution in [0.1, 0.15) is 5.56 Å². The Kier molecular flexibility index (Phi) is 2.61. The third kappa shape index (κ3) is 1.55. The first-order chi connectivity index (χ1) is 10.7. The number of nitriles is 1. The summed E-state index contributed by atoms with van der Waals surface area (Å²) >= 11 is 0. The van der Waals surface area contributed by atoms with E-state index < -0.39 is 0 Å². The standard InChI is InChI=1S/C19H15N3/c1-21-16-9-5-3-7-13(16)11-18(21)19-15(12-20)14-8-4-6-10-17(14)22(19)2/h3-11H,1-2H3. The molecule has 0 saturated carbocycles. The third-order valence-corrected chi connectivity index (χ3v) is 4.41. The van der Waals surface area contributed by atoms with Crippen LogP contribution in [0.3, 0.4) is 0 Å². The lowest BCUT2D eigenvalue weighted by Crippen LogP contribution is -1.98. The Morgan fingerprint density at radius 1 is 0.864 bits per heavy atom. The molecule has 0 aliphatic heterocycles. The SMILES string of the molecule is Cn1c(-c2c(C#N)c3ccccc3n2C)cc2ccccc21. The molecular formula is C19H15N3. The summed E-state index contributed by atoms with van der Waals surface area (Å²) in [5, 5.41) is 11.9. The van der Waals surface area contributed by atoms with Crippen LogP contribution in [0.2, 0.25) is 0 Å². The smallest absolute Gasteiger partial charge is 0.102 e. The van der Waals surface area contributed by atoms with Crippen LogP contribution in [0, 0.1) is 11.3 Å². The summed E-state index contributed by atoms with van der Waals surface area (Å²) in [4.78, 5) is 0. The summed E-state index contributed by atoms with van der Waals surface area (Å²) in [6.45, 7) is 0. The van der Waals surface area contributed by atoms with E-state index in [1.807, 2.05) is 37.4 Å². The van der Waals surface area contributed by atoms with Gasteiger partial charge in [0.05, 0.1) is 17.0 Å². The van der Waals surface area contributed by atoms with Crippen molar-refractivity contribution < 1.29 is 0 Å². The maximum atomic E-state index is 9.68. The van der Waals surface area contributed by atoms with Crippen LogP contribution in [-0.2, 0) is 14.1 Å². The van der Waals surface area contributed by atoms with Crippen LogP contribution >= 0.6 is 0 Å². The Hall–Kier alpha value is -2.99. The molecule has 2 aromatic heterocycles. The molecule has 0 unspecified atom stereocenters. The first-order valence-electron chi connectivity index (χ1n) is 7.24. The van der Waals surface area contributed by atoms with Gasteiger partial charge in [-0.25, -0.2) is 0 Å². The van der Waals surface area contributed by atoms with Crippen molar-refractivity contribution in [2.75, 3.05) is 0 Å². The number of hydrogen-bond acceptors (Lipinski definition) is 1. The molecule has 0 aliphatic rings. The Morgan fingerprint density at radius 2 is 1.55 bits per heavy atom. The quantitative estimate of drug-likeness (QED) is 0.516. The molecule has 106 valence electrons. The second kappa shape index (κ2) is 4.51. The molecule has 0 atom stereocenters. The van der Waals surface area contributed by atoms with Gasteiger partial charge in [-0.05, 0) is 18.2 Å². The van der Waals surface area contributed by atoms with Gasteiger partial charge >= 0.3 is 0 Å². The first-order valence-corrected chi connectivity index (χ1v) is 7.24. The molecule has 4 aromatic rings. The fourth-order valence-corrected chi connectivity index (χ4v) is 3.32. The molecular weight excluding hydrogens is 270 g/mol. The van der Waals surface area contributed by atoms with Gasteiger partial charge in [0.1, 0.15) is 6.07 Å². The summed E-state index contributed by atoms with van der Waals surface area (Å²) < 4.78 is 4.27. The minimum absolute atomic E-state index is 0.740. The van der Waals surface area contributed by atoms with Crippen molar-refractivity contribution in [1.29, 1.82) is 5.26 Å². The van der Waals surface area contributed by atoms with Crippen molar-refractivity contribution in [1.82, 2.24) is 9.13 Å². The molecule has 22 heavy (non-hydrogen) atoms. The van der Waals surface area contributed by atoms with E-state index in [9.17, 15) is 5.26 Å². The topological polar surface area (TPSA) is 33.6 Å². The van der Waals surface area contributed by atoms with E-state index in [4.69, 9.17) is 0 Å². The molecule has 0 aliphatic carbocycles. The Labute approximate surface area is 128 Å². The molecule has 0 amide bonds. The molecule has 0 radical (unpaired) electrons. The second-order valence-electron chi connectivity index (χ2n) is 5.56. The van der Waals surface area contributed by atoms with Gasteiger partial charge in [0.2, 0.25) is 0 Å². The number of nitrogens with zero attached hydrogens (tertiary/aromatic N) is 3. The molecule has 2 aromatic carbocycles. The van der Waals surface area contributed by atoms with E-state index in [2.05, 4.69) is 46.5 Å². The zero-order valence-electron chi connectivity index (χ0n) is 12.5. The molecule has 0 bridgehead atoms. The highest BCUT2D eigenvalue weighted by Crippen LogP contribution is 2.35. The van der Waals surface area contributed by atoms with E-state index in [1.54, 1.807) is 0 Å². The highest BCUT2D eigenvalue weighted by Gasteiger charge is 2.19. The lowest BCUT2D eigenvalue weighted by molar-refractivity contribution is 0.922. The van der Waals surface area contributed by atoms with Gasteiger partial charge in [0.15, 0.2) is 0 Å². The number of fused-ring (bicyclic) bond motifs is 2. The first kappa shape index (κ1) is 12.7. The fourth-order valence-electron chi connectivity index (χ4n) is 3.32. The third-order valence-electron chi connectivity index (χ3n) is 4.41. The Morgan fingerprint density at radius 3 is 2.27 bits per heavy atom. The van der Waals surface area contributed by atoms with Crippen molar-refractivity contribution in [3.63, 3.8) is 0 Å². The lowest BCUT2D eigenvalue weighted by Gasteiger charge is -2.07. The number of rotatable bonds is 1. The van der Waals surface area contributed by atoms with E-state index in [1.165, 1.54) is 10.9 Å².